The summed E-state index contributed by atoms with van der Waals surface area (Å²) in [5, 5.41) is 9.03. The number of rotatable bonds is 13. The lowest BCUT2D eigenvalue weighted by Crippen LogP contribution is -2.50. The summed E-state index contributed by atoms with van der Waals surface area (Å²) in [5.41, 5.74) is 1.28. The average Bonchev–Trinajstić information content (AvgIpc) is 3.28. The molecule has 0 bridgehead atoms. The predicted molar refractivity (Wildman–Crippen MR) is 178 cm³/mol. The van der Waals surface area contributed by atoms with Crippen molar-refractivity contribution in [2.45, 2.75) is 150 Å². The lowest BCUT2D eigenvalue weighted by molar-refractivity contribution is -0.162. The Labute approximate surface area is 277 Å². The largest absolute Gasteiger partial charge is 0.481 e. The molecule has 260 valence electrons. The van der Waals surface area contributed by atoms with Crippen LogP contribution in [-0.2, 0) is 28.7 Å². The van der Waals surface area contributed by atoms with Crippen LogP contribution in [0, 0.1) is 40.4 Å². The Morgan fingerprint density at radius 3 is 2.35 bits per heavy atom. The number of carboxylic acid groups (broad SMARTS) is 1. The number of allylic oxidation sites excluding steroid dienone is 1. The highest BCUT2D eigenvalue weighted by Crippen LogP contribution is 2.66. The molecule has 4 aliphatic carbocycles. The maximum Gasteiger partial charge on any atom is 0.326 e. The molecule has 0 spiro atoms. The molecule has 0 radical (unpaired) electrons. The summed E-state index contributed by atoms with van der Waals surface area (Å²) in [5.74, 6) is 0.958. The van der Waals surface area contributed by atoms with E-state index >= 15 is 0 Å². The van der Waals surface area contributed by atoms with Crippen molar-refractivity contribution >= 4 is 23.8 Å². The van der Waals surface area contributed by atoms with Gasteiger partial charge < -0.3 is 19.5 Å². The van der Waals surface area contributed by atoms with E-state index in [0.29, 0.717) is 17.8 Å². The van der Waals surface area contributed by atoms with Gasteiger partial charge in [0.1, 0.15) is 24.8 Å². The lowest BCUT2D eigenvalue weighted by atomic mass is 9.47. The Morgan fingerprint density at radius 1 is 0.957 bits per heavy atom. The molecular formula is C38H61NO7. The van der Waals surface area contributed by atoms with Gasteiger partial charge in [-0.25, -0.2) is 0 Å². The molecule has 46 heavy (non-hydrogen) atoms. The second-order valence-corrected chi connectivity index (χ2v) is 16.8. The molecule has 8 heteroatoms. The zero-order valence-electron chi connectivity index (χ0n) is 29.7. The summed E-state index contributed by atoms with van der Waals surface area (Å²) < 4.78 is 11.3. The number of esters is 2. The average molecular weight is 644 g/mol. The molecule has 4 aliphatic rings. The number of fused-ring (bicyclic) bond motifs is 5. The van der Waals surface area contributed by atoms with Crippen molar-refractivity contribution in [1.82, 2.24) is 4.90 Å². The molecule has 3 saturated carbocycles. The van der Waals surface area contributed by atoms with Crippen LogP contribution in [0.1, 0.15) is 138 Å². The SMILES string of the molecule is CC(C)CCCCC1CCC2C3CC=C4CC(OC(=O)CN(CC(=O)OC(C)(C)C)C(=O)CCC(=O)O)CCC4(C)C3CCC12C. The third-order valence-corrected chi connectivity index (χ3v) is 12.1. The van der Waals surface area contributed by atoms with Crippen LogP contribution in [0.25, 0.3) is 0 Å². The first-order valence-electron chi connectivity index (χ1n) is 18.1. The van der Waals surface area contributed by atoms with Crippen molar-refractivity contribution in [3.8, 4) is 0 Å². The molecule has 8 nitrogen and oxygen atoms in total. The number of carboxylic acids is 1. The lowest BCUT2D eigenvalue weighted by Gasteiger charge is -2.58. The van der Waals surface area contributed by atoms with Crippen molar-refractivity contribution in [2.24, 2.45) is 40.4 Å². The topological polar surface area (TPSA) is 110 Å². The Balaban J connectivity index is 1.36. The third kappa shape index (κ3) is 8.74. The van der Waals surface area contributed by atoms with Gasteiger partial charge in [-0.05, 0) is 113 Å². The summed E-state index contributed by atoms with van der Waals surface area (Å²) in [4.78, 5) is 50.5. The van der Waals surface area contributed by atoms with E-state index in [-0.39, 0.29) is 24.4 Å². The molecule has 7 unspecified atom stereocenters. The van der Waals surface area contributed by atoms with E-state index < -0.39 is 42.5 Å². The van der Waals surface area contributed by atoms with E-state index in [9.17, 15) is 19.2 Å². The maximum absolute atomic E-state index is 13.1. The highest BCUT2D eigenvalue weighted by molar-refractivity contribution is 5.87. The zero-order valence-corrected chi connectivity index (χ0v) is 29.7. The molecule has 0 saturated heterocycles. The summed E-state index contributed by atoms with van der Waals surface area (Å²) >= 11 is 0. The smallest absolute Gasteiger partial charge is 0.326 e. The number of nitrogens with zero attached hydrogens (tertiary/aromatic N) is 1. The second-order valence-electron chi connectivity index (χ2n) is 16.8. The fraction of sp³-hybridized carbons (Fsp3) is 0.842. The van der Waals surface area contributed by atoms with Gasteiger partial charge in [-0.1, -0.05) is 58.6 Å². The van der Waals surface area contributed by atoms with Crippen molar-refractivity contribution < 1.29 is 33.8 Å². The van der Waals surface area contributed by atoms with Crippen molar-refractivity contribution in [2.75, 3.05) is 13.1 Å². The number of hydrogen-bond donors (Lipinski definition) is 1. The maximum atomic E-state index is 13.1. The number of carbonyl (C=O) groups excluding carboxylic acids is 3. The van der Waals surface area contributed by atoms with Gasteiger partial charge >= 0.3 is 17.9 Å². The minimum Gasteiger partial charge on any atom is -0.481 e. The Bertz CT molecular complexity index is 1150. The molecule has 0 heterocycles. The number of hydrogen-bond acceptors (Lipinski definition) is 6. The number of carbonyl (C=O) groups is 4. The molecule has 0 aliphatic heterocycles. The molecule has 1 N–H and O–H groups in total. The summed E-state index contributed by atoms with van der Waals surface area (Å²) in [6.45, 7) is 14.1. The molecule has 1 amide bonds. The van der Waals surface area contributed by atoms with Crippen LogP contribution < -0.4 is 0 Å². The fourth-order valence-electron chi connectivity index (χ4n) is 9.77. The van der Waals surface area contributed by atoms with Gasteiger partial charge in [-0.3, -0.25) is 19.2 Å². The van der Waals surface area contributed by atoms with Gasteiger partial charge in [0.05, 0.1) is 6.42 Å². The first kappa shape index (κ1) is 36.5. The third-order valence-electron chi connectivity index (χ3n) is 12.1. The quantitative estimate of drug-likeness (QED) is 0.124. The van der Waals surface area contributed by atoms with Crippen LogP contribution in [0.3, 0.4) is 0 Å². The van der Waals surface area contributed by atoms with E-state index in [1.807, 2.05) is 0 Å². The van der Waals surface area contributed by atoms with Crippen molar-refractivity contribution in [1.29, 1.82) is 0 Å². The first-order chi connectivity index (χ1) is 21.5. The van der Waals surface area contributed by atoms with Gasteiger partial charge in [0.15, 0.2) is 0 Å². The Hall–Kier alpha value is -2.38. The minimum absolute atomic E-state index is 0.137. The number of aliphatic carboxylic acids is 1. The first-order valence-corrected chi connectivity index (χ1v) is 18.1. The van der Waals surface area contributed by atoms with Gasteiger partial charge in [0.2, 0.25) is 5.91 Å². The van der Waals surface area contributed by atoms with Crippen LogP contribution >= 0.6 is 0 Å². The van der Waals surface area contributed by atoms with Crippen LogP contribution in [0.2, 0.25) is 0 Å². The zero-order chi connectivity index (χ0) is 33.9. The van der Waals surface area contributed by atoms with Crippen LogP contribution in [0.15, 0.2) is 11.6 Å². The van der Waals surface area contributed by atoms with E-state index in [2.05, 4.69) is 33.8 Å². The number of amides is 1. The van der Waals surface area contributed by atoms with E-state index in [0.717, 1.165) is 47.8 Å². The second kappa shape index (κ2) is 14.8. The molecule has 0 aromatic heterocycles. The Kier molecular flexibility index (Phi) is 11.7. The van der Waals surface area contributed by atoms with Crippen molar-refractivity contribution in [3.05, 3.63) is 11.6 Å². The van der Waals surface area contributed by atoms with Gasteiger partial charge in [-0.2, -0.15) is 0 Å². The monoisotopic (exact) mass is 643 g/mol. The number of ether oxygens (including phenoxy) is 2. The highest BCUT2D eigenvalue weighted by Gasteiger charge is 2.58. The van der Waals surface area contributed by atoms with E-state index in [1.165, 1.54) is 56.9 Å². The molecule has 0 aromatic rings. The standard InChI is InChI=1S/C38H61NO7/c1-25(2)10-8-9-11-26-13-15-30-29-14-12-27-22-28(18-20-38(27,7)31(29)19-21-37(26,30)6)45-34(43)23-39(32(40)16-17-33(41)42)24-35(44)46-36(3,4)5/h12,25-26,28-31H,8-11,13-24H2,1-7H3,(H,41,42). The predicted octanol–water partition coefficient (Wildman–Crippen LogP) is 7.73. The Morgan fingerprint density at radius 2 is 1.67 bits per heavy atom. The molecule has 7 atom stereocenters. The summed E-state index contributed by atoms with van der Waals surface area (Å²) in [7, 11) is 0. The molecule has 0 aromatic carbocycles. The highest BCUT2D eigenvalue weighted by atomic mass is 16.6. The minimum atomic E-state index is -1.12. The van der Waals surface area contributed by atoms with Crippen molar-refractivity contribution in [3.63, 3.8) is 0 Å². The summed E-state index contributed by atoms with van der Waals surface area (Å²) in [6, 6.07) is 0. The molecular weight excluding hydrogens is 582 g/mol. The van der Waals surface area contributed by atoms with E-state index in [4.69, 9.17) is 14.6 Å². The summed E-state index contributed by atoms with van der Waals surface area (Å²) in [6.07, 6.45) is 16.0. The van der Waals surface area contributed by atoms with Gasteiger partial charge in [-0.15, -0.1) is 0 Å². The van der Waals surface area contributed by atoms with E-state index in [1.54, 1.807) is 20.8 Å². The molecule has 3 fully saturated rings. The van der Waals surface area contributed by atoms with Crippen LogP contribution in [0.4, 0.5) is 0 Å². The van der Waals surface area contributed by atoms with Crippen LogP contribution in [0.5, 0.6) is 0 Å². The fourth-order valence-corrected chi connectivity index (χ4v) is 9.77. The van der Waals surface area contributed by atoms with Gasteiger partial charge in [0, 0.05) is 12.8 Å². The normalized spacial score (nSPS) is 32.1. The van der Waals surface area contributed by atoms with Crippen LogP contribution in [-0.4, -0.2) is 58.6 Å². The number of unbranched alkanes of at least 4 members (excludes halogenated alkanes) is 1. The van der Waals surface area contributed by atoms with Gasteiger partial charge in [0.25, 0.3) is 0 Å². The molecule has 4 rings (SSSR count).